The van der Waals surface area contributed by atoms with Crippen molar-refractivity contribution in [2.24, 2.45) is 0 Å². The largest absolute Gasteiger partial charge is 0.455 e. The molecule has 2 aromatic carbocycles. The molecule has 2 aromatic rings. The molecule has 0 amide bonds. The minimum atomic E-state index is -1.61. The van der Waals surface area contributed by atoms with Gasteiger partial charge in [-0.3, -0.25) is 4.74 Å². The number of benzene rings is 2. The van der Waals surface area contributed by atoms with E-state index in [1.165, 1.54) is 5.30 Å². The number of rotatable bonds is 4. The lowest BCUT2D eigenvalue weighted by Gasteiger charge is -2.23. The van der Waals surface area contributed by atoms with E-state index in [1.807, 2.05) is 32.2 Å². The van der Waals surface area contributed by atoms with Crippen LogP contribution in [0.5, 0.6) is 0 Å². The maximum Gasteiger partial charge on any atom is 0.129 e. The van der Waals surface area contributed by atoms with Gasteiger partial charge >= 0.3 is 0 Å². The zero-order chi connectivity index (χ0) is 14.4. The van der Waals surface area contributed by atoms with Gasteiger partial charge in [0.25, 0.3) is 0 Å². The molecular formula is C16H21BNOP. The van der Waals surface area contributed by atoms with Crippen molar-refractivity contribution in [1.82, 2.24) is 0 Å². The molecule has 2 rings (SSSR count). The molecule has 104 valence electrons. The predicted molar refractivity (Wildman–Crippen MR) is 91.0 cm³/mol. The topological polar surface area (TPSA) is 23.2 Å². The highest BCUT2D eigenvalue weighted by molar-refractivity contribution is 7.89. The number of hydrogen-bond donors (Lipinski definition) is 1. The van der Waals surface area contributed by atoms with E-state index < -0.39 is 7.16 Å². The Morgan fingerprint density at radius 2 is 1.60 bits per heavy atom. The third-order valence-corrected chi connectivity index (χ3v) is 4.26. The lowest BCUT2D eigenvalue weighted by atomic mass is 10.2. The number of hydrogen-bond acceptors (Lipinski definition) is 1. The van der Waals surface area contributed by atoms with Gasteiger partial charge in [0.1, 0.15) is 27.5 Å². The van der Waals surface area contributed by atoms with Gasteiger partial charge in [-0.25, -0.2) is 0 Å². The summed E-state index contributed by atoms with van der Waals surface area (Å²) in [6.07, 6.45) is 2.06. The highest BCUT2D eigenvalue weighted by Gasteiger charge is 2.18. The van der Waals surface area contributed by atoms with Crippen LogP contribution in [0.4, 0.5) is 0 Å². The van der Waals surface area contributed by atoms with E-state index in [1.54, 1.807) is 0 Å². The standard InChI is InChI=1S/C16H20BNOP/c1-3-16(14-10-6-4-7-11-14)19-20(17,18-2)15-12-8-5-9-13-15/h3-13H,1-2,17H3/q-1/p+1/b16-3+/t20-/m1/s1. The average molecular weight is 285 g/mol. The smallest absolute Gasteiger partial charge is 0.129 e. The Kier molecular flexibility index (Phi) is 4.86. The highest BCUT2D eigenvalue weighted by atomic mass is 31.2. The first-order chi connectivity index (χ1) is 9.69. The molecule has 0 heterocycles. The fraction of sp³-hybridized carbons (Fsp3) is 0.125. The summed E-state index contributed by atoms with van der Waals surface area (Å²) < 4.78 is 9.97. The van der Waals surface area contributed by atoms with E-state index in [-0.39, 0.29) is 7.57 Å². The van der Waals surface area contributed by atoms with E-state index >= 15 is 0 Å². The maximum atomic E-state index is 6.48. The van der Waals surface area contributed by atoms with Gasteiger partial charge in [0.2, 0.25) is 0 Å². The SMILES string of the molecule is [BH3-][P@](=[NH+]C)(O/C(=C/C)c1ccccc1)c1ccccc1. The van der Waals surface area contributed by atoms with Crippen LogP contribution in [0.3, 0.4) is 0 Å². The minimum absolute atomic E-state index is 0.0133. The number of allylic oxidation sites excluding steroid dienone is 1. The Labute approximate surface area is 122 Å². The second-order valence-corrected chi connectivity index (χ2v) is 5.70. The first-order valence-corrected chi connectivity index (χ1v) is 7.53. The Balaban J connectivity index is 2.36. The molecule has 0 aliphatic rings. The zero-order valence-electron chi connectivity index (χ0n) is 11.2. The van der Waals surface area contributed by atoms with Gasteiger partial charge in [-0.05, 0) is 25.1 Å². The van der Waals surface area contributed by atoms with Crippen LogP contribution in [0.2, 0.25) is 0 Å². The molecule has 0 fully saturated rings. The summed E-state index contributed by atoms with van der Waals surface area (Å²) in [5.74, 6) is 0.979. The number of nitrogens with one attached hydrogen (secondary N) is 1. The van der Waals surface area contributed by atoms with Crippen LogP contribution in [0.15, 0.2) is 66.7 Å². The van der Waals surface area contributed by atoms with Gasteiger partial charge in [-0.1, -0.05) is 48.5 Å². The Morgan fingerprint density at radius 1 is 1.05 bits per heavy atom. The molecule has 0 saturated heterocycles. The van der Waals surface area contributed by atoms with Crippen molar-refractivity contribution >= 4 is 25.8 Å². The predicted octanol–water partition coefficient (Wildman–Crippen LogP) is 1.50. The first-order valence-electron chi connectivity index (χ1n) is 6.27. The van der Waals surface area contributed by atoms with Crippen molar-refractivity contribution in [3.8, 4) is 0 Å². The van der Waals surface area contributed by atoms with Gasteiger partial charge in [0.15, 0.2) is 0 Å². The first kappa shape index (κ1) is 14.7. The summed E-state index contributed by atoms with van der Waals surface area (Å²) in [7, 11) is 0.398. The molecule has 1 atom stereocenters. The molecule has 0 aliphatic carbocycles. The van der Waals surface area contributed by atoms with Crippen LogP contribution in [-0.4, -0.2) is 14.6 Å². The second-order valence-electron chi connectivity index (χ2n) is 3.96. The monoisotopic (exact) mass is 285 g/mol. The summed E-state index contributed by atoms with van der Waals surface area (Å²) in [6.45, 7) is 2.04. The van der Waals surface area contributed by atoms with Crippen molar-refractivity contribution in [2.75, 3.05) is 7.05 Å². The quantitative estimate of drug-likeness (QED) is 0.513. The van der Waals surface area contributed by atoms with Crippen molar-refractivity contribution in [2.45, 2.75) is 6.92 Å². The normalized spacial score (nSPS) is 14.4. The summed E-state index contributed by atoms with van der Waals surface area (Å²) in [5.41, 5.74) is 1.14. The zero-order valence-corrected chi connectivity index (χ0v) is 12.1. The van der Waals surface area contributed by atoms with Crippen LogP contribution in [0.25, 0.3) is 5.76 Å². The van der Waals surface area contributed by atoms with E-state index in [0.717, 1.165) is 11.3 Å². The summed E-state index contributed by atoms with van der Waals surface area (Å²) in [6, 6.07) is 20.9. The van der Waals surface area contributed by atoms with Gasteiger partial charge in [-0.15, -0.1) is 0 Å². The molecule has 0 aliphatic heterocycles. The summed E-state index contributed by atoms with van der Waals surface area (Å²) >= 11 is 0. The van der Waals surface area contributed by atoms with Crippen LogP contribution in [-0.2, 0) is 4.52 Å². The molecular weight excluding hydrogens is 264 g/mol. The van der Waals surface area contributed by atoms with Crippen LogP contribution < -0.4 is 10.0 Å². The Bertz CT molecular complexity index is 638. The van der Waals surface area contributed by atoms with Crippen molar-refractivity contribution in [3.63, 3.8) is 0 Å². The molecule has 2 nitrogen and oxygen atoms in total. The molecule has 20 heavy (non-hydrogen) atoms. The Morgan fingerprint density at radius 3 is 2.10 bits per heavy atom. The van der Waals surface area contributed by atoms with E-state index in [2.05, 4.69) is 53.3 Å². The summed E-state index contributed by atoms with van der Waals surface area (Å²) in [5, 5.41) is 1.32. The minimum Gasteiger partial charge on any atom is -0.455 e. The van der Waals surface area contributed by atoms with Crippen molar-refractivity contribution < 1.29 is 9.27 Å². The fourth-order valence-corrected chi connectivity index (χ4v) is 3.07. The lowest BCUT2D eigenvalue weighted by molar-refractivity contribution is -0.399. The Hall–Kier alpha value is -1.73. The van der Waals surface area contributed by atoms with Crippen LogP contribution >= 0.6 is 7.16 Å². The van der Waals surface area contributed by atoms with E-state index in [9.17, 15) is 0 Å². The van der Waals surface area contributed by atoms with E-state index in [4.69, 9.17) is 4.52 Å². The highest BCUT2D eigenvalue weighted by Crippen LogP contribution is 2.41. The van der Waals surface area contributed by atoms with Gasteiger partial charge in [-0.2, -0.15) is 0 Å². The third-order valence-electron chi connectivity index (χ3n) is 2.70. The van der Waals surface area contributed by atoms with Crippen LogP contribution in [0, 0.1) is 0 Å². The molecule has 0 saturated carbocycles. The molecule has 4 heteroatoms. The third kappa shape index (κ3) is 3.23. The van der Waals surface area contributed by atoms with Gasteiger partial charge in [0, 0.05) is 10.9 Å². The molecule has 0 aromatic heterocycles. The molecule has 0 radical (unpaired) electrons. The maximum absolute atomic E-state index is 6.48. The van der Waals surface area contributed by atoms with Crippen LogP contribution in [0.1, 0.15) is 12.5 Å². The second kappa shape index (κ2) is 6.63. The van der Waals surface area contributed by atoms with E-state index in [0.29, 0.717) is 0 Å². The lowest BCUT2D eigenvalue weighted by Crippen LogP contribution is -2.62. The fourth-order valence-electron chi connectivity index (χ4n) is 1.76. The van der Waals surface area contributed by atoms with Crippen molar-refractivity contribution in [3.05, 3.63) is 72.3 Å². The summed E-state index contributed by atoms with van der Waals surface area (Å²) in [4.78, 5) is 0. The average Bonchev–Trinajstić information content (AvgIpc) is 2.54. The van der Waals surface area contributed by atoms with Crippen molar-refractivity contribution in [1.29, 1.82) is 0 Å². The molecule has 1 N–H and O–H groups in total. The molecule has 0 spiro atoms. The molecule has 0 bridgehead atoms. The van der Waals surface area contributed by atoms with Gasteiger partial charge < -0.3 is 4.52 Å². The van der Waals surface area contributed by atoms with Gasteiger partial charge in [0.05, 0.1) is 0 Å². The molecule has 0 unspecified atom stereocenters.